The summed E-state index contributed by atoms with van der Waals surface area (Å²) in [5.41, 5.74) is 2.92. The van der Waals surface area contributed by atoms with Gasteiger partial charge in [0.05, 0.1) is 29.0 Å². The highest BCUT2D eigenvalue weighted by molar-refractivity contribution is 7.22. The molecule has 0 saturated heterocycles. The molecule has 0 spiro atoms. The molecular formula is C20H23N3O4S. The minimum absolute atomic E-state index is 0.277. The molecule has 0 aliphatic rings. The van der Waals surface area contributed by atoms with E-state index in [0.717, 1.165) is 16.0 Å². The number of benzene rings is 1. The van der Waals surface area contributed by atoms with Crippen LogP contribution >= 0.6 is 11.3 Å². The van der Waals surface area contributed by atoms with E-state index < -0.39 is 5.97 Å². The monoisotopic (exact) mass is 401 g/mol. The van der Waals surface area contributed by atoms with Crippen LogP contribution in [-0.2, 0) is 11.8 Å². The maximum absolute atomic E-state index is 12.9. The smallest absolute Gasteiger partial charge is 0.355 e. The number of nitrogens with one attached hydrogen (secondary N) is 1. The van der Waals surface area contributed by atoms with E-state index in [2.05, 4.69) is 10.3 Å². The maximum atomic E-state index is 12.9. The summed E-state index contributed by atoms with van der Waals surface area (Å²) in [5.74, 6) is 0.0312. The van der Waals surface area contributed by atoms with Crippen LogP contribution in [0, 0.1) is 13.8 Å². The lowest BCUT2D eigenvalue weighted by atomic mass is 10.1. The maximum Gasteiger partial charge on any atom is 0.355 e. The normalized spacial score (nSPS) is 10.9. The van der Waals surface area contributed by atoms with E-state index in [1.807, 2.05) is 25.1 Å². The highest BCUT2D eigenvalue weighted by Crippen LogP contribution is 2.30. The number of rotatable bonds is 6. The zero-order valence-electron chi connectivity index (χ0n) is 16.6. The van der Waals surface area contributed by atoms with Crippen molar-refractivity contribution in [2.45, 2.75) is 27.7 Å². The Bertz CT molecular complexity index is 1050. The Kier molecular flexibility index (Phi) is 5.69. The lowest BCUT2D eigenvalue weighted by molar-refractivity contribution is 0.0514. The van der Waals surface area contributed by atoms with Crippen LogP contribution in [0.1, 0.15) is 46.0 Å². The summed E-state index contributed by atoms with van der Waals surface area (Å²) in [6, 6.07) is 5.63. The number of carbonyl (C=O) groups excluding carboxylic acids is 2. The highest BCUT2D eigenvalue weighted by atomic mass is 32.1. The van der Waals surface area contributed by atoms with Gasteiger partial charge in [0, 0.05) is 12.7 Å². The van der Waals surface area contributed by atoms with Crippen LogP contribution in [0.3, 0.4) is 0 Å². The van der Waals surface area contributed by atoms with Crippen molar-refractivity contribution in [2.24, 2.45) is 7.05 Å². The summed E-state index contributed by atoms with van der Waals surface area (Å²) >= 11 is 1.38. The first-order valence-corrected chi connectivity index (χ1v) is 9.86. The summed E-state index contributed by atoms with van der Waals surface area (Å²) in [7, 11) is 1.75. The molecule has 0 unspecified atom stereocenters. The van der Waals surface area contributed by atoms with Gasteiger partial charge in [-0.2, -0.15) is 0 Å². The zero-order chi connectivity index (χ0) is 20.4. The van der Waals surface area contributed by atoms with Crippen molar-refractivity contribution < 1.29 is 19.1 Å². The van der Waals surface area contributed by atoms with Gasteiger partial charge in [-0.1, -0.05) is 11.3 Å². The summed E-state index contributed by atoms with van der Waals surface area (Å²) in [4.78, 5) is 29.6. The standard InChI is InChI=1S/C20H23N3O4S/c1-6-26-13-8-9-14-15(10-13)28-20(21-14)22-18(24)16-11(3)17(19(25)27-7-2)23(5)12(16)4/h8-10H,6-7H2,1-5H3,(H,21,22,24). The Balaban J connectivity index is 1.90. The Labute approximate surface area is 167 Å². The second-order valence-electron chi connectivity index (χ2n) is 6.25. The molecule has 7 nitrogen and oxygen atoms in total. The quantitative estimate of drug-likeness (QED) is 0.630. The molecule has 0 bridgehead atoms. The first-order valence-electron chi connectivity index (χ1n) is 9.05. The fraction of sp³-hybridized carbons (Fsp3) is 0.350. The van der Waals surface area contributed by atoms with Crippen LogP contribution in [0.15, 0.2) is 18.2 Å². The molecule has 1 aromatic carbocycles. The molecular weight excluding hydrogens is 378 g/mol. The van der Waals surface area contributed by atoms with Gasteiger partial charge in [0.15, 0.2) is 5.13 Å². The third-order valence-electron chi connectivity index (χ3n) is 4.52. The molecule has 1 N–H and O–H groups in total. The predicted octanol–water partition coefficient (Wildman–Crippen LogP) is 4.08. The number of fused-ring (bicyclic) bond motifs is 1. The van der Waals surface area contributed by atoms with Crippen molar-refractivity contribution in [1.82, 2.24) is 9.55 Å². The average molecular weight is 401 g/mol. The Hall–Kier alpha value is -2.87. The van der Waals surface area contributed by atoms with Gasteiger partial charge in [-0.15, -0.1) is 0 Å². The molecule has 0 atom stereocenters. The number of hydrogen-bond acceptors (Lipinski definition) is 6. The van der Waals surface area contributed by atoms with Crippen molar-refractivity contribution in [3.8, 4) is 5.75 Å². The van der Waals surface area contributed by atoms with Crippen molar-refractivity contribution in [2.75, 3.05) is 18.5 Å². The SMILES string of the molecule is CCOC(=O)c1c(C)c(C(=O)Nc2nc3ccc(OCC)cc3s2)c(C)n1C. The van der Waals surface area contributed by atoms with E-state index in [0.29, 0.717) is 34.3 Å². The van der Waals surface area contributed by atoms with Gasteiger partial charge < -0.3 is 14.0 Å². The zero-order valence-corrected chi connectivity index (χ0v) is 17.4. The average Bonchev–Trinajstić information content (AvgIpc) is 3.13. The molecule has 1 amide bonds. The first-order chi connectivity index (χ1) is 13.4. The van der Waals surface area contributed by atoms with Gasteiger partial charge >= 0.3 is 5.97 Å². The highest BCUT2D eigenvalue weighted by Gasteiger charge is 2.26. The van der Waals surface area contributed by atoms with E-state index in [1.165, 1.54) is 11.3 Å². The van der Waals surface area contributed by atoms with Crippen LogP contribution in [0.5, 0.6) is 5.75 Å². The third-order valence-corrected chi connectivity index (χ3v) is 5.45. The molecule has 0 aliphatic carbocycles. The molecule has 0 fully saturated rings. The van der Waals surface area contributed by atoms with E-state index in [4.69, 9.17) is 9.47 Å². The third kappa shape index (κ3) is 3.60. The summed E-state index contributed by atoms with van der Waals surface area (Å²) in [6.45, 7) is 8.10. The van der Waals surface area contributed by atoms with Gasteiger partial charge in [-0.3, -0.25) is 10.1 Å². The van der Waals surface area contributed by atoms with Gasteiger partial charge in [0.2, 0.25) is 0 Å². The minimum Gasteiger partial charge on any atom is -0.494 e. The largest absolute Gasteiger partial charge is 0.494 e. The van der Waals surface area contributed by atoms with Gasteiger partial charge in [0.1, 0.15) is 11.4 Å². The molecule has 8 heteroatoms. The van der Waals surface area contributed by atoms with E-state index in [9.17, 15) is 9.59 Å². The van der Waals surface area contributed by atoms with E-state index in [-0.39, 0.29) is 12.5 Å². The van der Waals surface area contributed by atoms with Crippen molar-refractivity contribution >= 4 is 38.6 Å². The number of ether oxygens (including phenoxy) is 2. The molecule has 2 aromatic heterocycles. The Morgan fingerprint density at radius 1 is 1.21 bits per heavy atom. The molecule has 3 rings (SSSR count). The van der Waals surface area contributed by atoms with Gasteiger partial charge in [0.25, 0.3) is 5.91 Å². The summed E-state index contributed by atoms with van der Waals surface area (Å²) < 4.78 is 13.2. The molecule has 3 aromatic rings. The van der Waals surface area contributed by atoms with Crippen molar-refractivity contribution in [1.29, 1.82) is 0 Å². The van der Waals surface area contributed by atoms with Crippen LogP contribution in [0.4, 0.5) is 5.13 Å². The Morgan fingerprint density at radius 2 is 1.96 bits per heavy atom. The van der Waals surface area contributed by atoms with Gasteiger partial charge in [-0.05, 0) is 51.5 Å². The number of nitrogens with zero attached hydrogens (tertiary/aromatic N) is 2. The second kappa shape index (κ2) is 8.02. The van der Waals surface area contributed by atoms with Crippen LogP contribution in [-0.4, -0.2) is 34.6 Å². The summed E-state index contributed by atoms with van der Waals surface area (Å²) in [5, 5.41) is 3.35. The minimum atomic E-state index is -0.437. The topological polar surface area (TPSA) is 82.5 Å². The number of aromatic nitrogens is 2. The first kappa shape index (κ1) is 19.9. The lowest BCUT2D eigenvalue weighted by Crippen LogP contribution is -2.14. The number of thiazole rings is 1. The lowest BCUT2D eigenvalue weighted by Gasteiger charge is -2.05. The number of amides is 1. The number of carbonyl (C=O) groups is 2. The number of esters is 1. The van der Waals surface area contributed by atoms with Crippen LogP contribution < -0.4 is 10.1 Å². The number of hydrogen-bond donors (Lipinski definition) is 1. The second-order valence-corrected chi connectivity index (χ2v) is 7.28. The molecule has 148 valence electrons. The van der Waals surface area contributed by atoms with Gasteiger partial charge in [-0.25, -0.2) is 9.78 Å². The Morgan fingerprint density at radius 3 is 2.64 bits per heavy atom. The van der Waals surface area contributed by atoms with E-state index in [1.54, 1.807) is 32.4 Å². The predicted molar refractivity (Wildman–Crippen MR) is 110 cm³/mol. The molecule has 0 aliphatic heterocycles. The van der Waals surface area contributed by atoms with Crippen molar-refractivity contribution in [3.05, 3.63) is 40.7 Å². The van der Waals surface area contributed by atoms with Crippen LogP contribution in [0.25, 0.3) is 10.2 Å². The fourth-order valence-corrected chi connectivity index (χ4v) is 4.06. The summed E-state index contributed by atoms with van der Waals surface area (Å²) in [6.07, 6.45) is 0. The fourth-order valence-electron chi connectivity index (χ4n) is 3.18. The van der Waals surface area contributed by atoms with Crippen LogP contribution in [0.2, 0.25) is 0 Å². The molecule has 2 heterocycles. The number of anilines is 1. The molecule has 0 saturated carbocycles. The molecule has 0 radical (unpaired) electrons. The van der Waals surface area contributed by atoms with Crippen molar-refractivity contribution in [3.63, 3.8) is 0 Å². The molecule has 28 heavy (non-hydrogen) atoms. The van der Waals surface area contributed by atoms with E-state index >= 15 is 0 Å².